The van der Waals surface area contributed by atoms with E-state index in [1.165, 1.54) is 22.7 Å². The van der Waals surface area contributed by atoms with Gasteiger partial charge in [-0.05, 0) is 99.3 Å². The summed E-state index contributed by atoms with van der Waals surface area (Å²) in [5.41, 5.74) is 39.9. The lowest BCUT2D eigenvalue weighted by Gasteiger charge is -2.33. The van der Waals surface area contributed by atoms with E-state index in [2.05, 4.69) is 52.5 Å². The molecule has 2 saturated heterocycles. The molecule has 98 heavy (non-hydrogen) atoms. The molecule has 0 saturated carbocycles. The number of amides is 10. The predicted molar refractivity (Wildman–Crippen MR) is 363 cm³/mol. The summed E-state index contributed by atoms with van der Waals surface area (Å²) in [6, 6.07) is 1.38. The fraction of sp³-hybridized carbons (Fsp3) is 0.565. The summed E-state index contributed by atoms with van der Waals surface area (Å²) < 4.78 is 0. The number of aliphatic hydroxyl groups excluding tert-OH is 3. The van der Waals surface area contributed by atoms with E-state index in [0.29, 0.717) is 60.5 Å². The van der Waals surface area contributed by atoms with Crippen molar-refractivity contribution in [3.05, 3.63) is 80.7 Å². The minimum Gasteiger partial charge on any atom is -0.480 e. The van der Waals surface area contributed by atoms with Gasteiger partial charge in [-0.3, -0.25) is 57.9 Å². The number of guanidine groups is 2. The summed E-state index contributed by atoms with van der Waals surface area (Å²) in [7, 11) is 0. The van der Waals surface area contributed by atoms with Crippen LogP contribution in [0.1, 0.15) is 92.4 Å². The summed E-state index contributed by atoms with van der Waals surface area (Å²) in [6.45, 7) is -1.79. The van der Waals surface area contributed by atoms with E-state index < -0.39 is 157 Å². The number of aliphatic hydroxyl groups is 3. The van der Waals surface area contributed by atoms with Crippen molar-refractivity contribution in [2.24, 2.45) is 50.1 Å². The van der Waals surface area contributed by atoms with Crippen LogP contribution in [0.2, 0.25) is 0 Å². The zero-order chi connectivity index (χ0) is 71.8. The van der Waals surface area contributed by atoms with Crippen molar-refractivity contribution in [1.29, 1.82) is 0 Å². The Morgan fingerprint density at radius 2 is 0.980 bits per heavy atom. The molecule has 2 fully saturated rings. The van der Waals surface area contributed by atoms with Crippen molar-refractivity contribution in [2.45, 2.75) is 169 Å². The molecule has 540 valence electrons. The summed E-state index contributed by atoms with van der Waals surface area (Å²) in [5.74, 6) is -10.4. The molecule has 2 aromatic heterocycles. The Kier molecular flexibility index (Phi) is 33.7. The van der Waals surface area contributed by atoms with Crippen LogP contribution in [0, 0.1) is 0 Å². The molecule has 0 aliphatic carbocycles. The lowest BCUT2D eigenvalue weighted by atomic mass is 10.0. The number of benzene rings is 1. The fourth-order valence-electron chi connectivity index (χ4n) is 11.0. The molecule has 4 heterocycles. The van der Waals surface area contributed by atoms with Gasteiger partial charge in [-0.15, -0.1) is 22.7 Å². The Morgan fingerprint density at radius 1 is 0.520 bits per heavy atom. The van der Waals surface area contributed by atoms with Crippen LogP contribution in [0.3, 0.4) is 0 Å². The molecule has 0 unspecified atom stereocenters. The fourth-order valence-corrected chi connectivity index (χ4v) is 12.5. The van der Waals surface area contributed by atoms with Gasteiger partial charge in [-0.1, -0.05) is 48.9 Å². The molecule has 10 amide bonds. The standard InChI is InChI=1S/C62H95N19O15S2/c63-20-6-4-16-40(65)51(86)74-41(17-5-7-21-64)52(87)75-42(18-8-22-70-61(66)67)58(93)81-33-37(84)28-49(81)59(94)80-32-36(83)27-48(80)57(92)72-31-50(85)73-45(29-38-14-10-24-97-38)54(89)79-47(34-82)56(91)77-44(26-35-12-2-1-3-13-35)53(88)78-46(30-39-15-11-25-98-39)55(90)76-43(60(95)96)19-9-23-71-62(68)69/h1-3,10-15,24-25,36-37,40-49,82-84H,4-9,16-23,26-34,63-65H2,(H,72,92)(H,73,85)(H,74,86)(H,75,87)(H,76,90)(H,77,91)(H,78,88)(H,79,89)(H,95,96)(H4,66,67,70)(H4,68,69,71)/t36-,37-,40+,41+,42+,43+,44-,45+,46+,47+,48+,49+/m1/s1. The van der Waals surface area contributed by atoms with E-state index in [4.69, 9.17) is 40.1 Å². The average Bonchev–Trinajstić information content (AvgIpc) is 1.64. The molecule has 0 radical (unpaired) electrons. The number of carbonyl (C=O) groups excluding carboxylic acids is 10. The highest BCUT2D eigenvalue weighted by Gasteiger charge is 2.48. The van der Waals surface area contributed by atoms with Gasteiger partial charge in [0.2, 0.25) is 59.1 Å². The number of carboxylic acids is 1. The second-order valence-corrected chi connectivity index (χ2v) is 25.9. The minimum absolute atomic E-state index is 0.0328. The average molecular weight is 1410 g/mol. The monoisotopic (exact) mass is 1410 g/mol. The molecule has 1 aromatic carbocycles. The van der Waals surface area contributed by atoms with Crippen molar-refractivity contribution in [3.8, 4) is 0 Å². The number of hydrogen-bond acceptors (Lipinski definition) is 21. The molecule has 36 heteroatoms. The van der Waals surface area contributed by atoms with Crippen LogP contribution in [0.4, 0.5) is 0 Å². The van der Waals surface area contributed by atoms with Crippen molar-refractivity contribution in [2.75, 3.05) is 52.4 Å². The van der Waals surface area contributed by atoms with Crippen LogP contribution in [0.5, 0.6) is 0 Å². The zero-order valence-electron chi connectivity index (χ0n) is 54.5. The molecule has 12 atom stereocenters. The normalized spacial score (nSPS) is 18.2. The van der Waals surface area contributed by atoms with Gasteiger partial charge < -0.3 is 113 Å². The Balaban J connectivity index is 1.29. The Bertz CT molecular complexity index is 3160. The molecule has 2 aliphatic heterocycles. The van der Waals surface area contributed by atoms with Gasteiger partial charge in [0.15, 0.2) is 11.9 Å². The van der Waals surface area contributed by atoms with Gasteiger partial charge in [-0.2, -0.15) is 0 Å². The number of nitrogens with zero attached hydrogens (tertiary/aromatic N) is 4. The summed E-state index contributed by atoms with van der Waals surface area (Å²) >= 11 is 2.50. The molecule has 3 aromatic rings. The van der Waals surface area contributed by atoms with Gasteiger partial charge in [-0.25, -0.2) is 4.79 Å². The van der Waals surface area contributed by atoms with Crippen LogP contribution in [0.25, 0.3) is 0 Å². The number of rotatable bonds is 42. The smallest absolute Gasteiger partial charge is 0.326 e. The van der Waals surface area contributed by atoms with E-state index in [1.54, 1.807) is 65.4 Å². The predicted octanol–water partition coefficient (Wildman–Crippen LogP) is -5.96. The first-order valence-electron chi connectivity index (χ1n) is 32.4. The molecule has 26 N–H and O–H groups in total. The molecular formula is C62H95N19O15S2. The SMILES string of the molecule is NCCCC[C@H](NC(=O)[C@@H](N)CCCCN)C(=O)N[C@@H](CCCN=C(N)N)C(=O)N1C[C@H](O)C[C@H]1C(=O)N1C[C@H](O)C[C@H]1C(=O)NCC(=O)N[C@@H](Cc1cccs1)C(=O)N[C@@H](CO)C(=O)N[C@H](Cc1ccccc1)C(=O)N[C@@H](Cc1cccs1)C(=O)N[C@@H](CCCN=C(N)N)C(=O)O. The summed E-state index contributed by atoms with van der Waals surface area (Å²) in [4.78, 5) is 165. The zero-order valence-corrected chi connectivity index (χ0v) is 56.1. The molecule has 0 bridgehead atoms. The number of hydrogen-bond donors (Lipinski definition) is 19. The molecule has 34 nitrogen and oxygen atoms in total. The Morgan fingerprint density at radius 3 is 1.51 bits per heavy atom. The largest absolute Gasteiger partial charge is 0.480 e. The molecule has 5 rings (SSSR count). The number of nitrogens with two attached hydrogens (primary N) is 7. The van der Waals surface area contributed by atoms with Gasteiger partial charge in [0.25, 0.3) is 0 Å². The number of carboxylic acid groups (broad SMARTS) is 1. The third-order valence-corrected chi connectivity index (χ3v) is 17.9. The van der Waals surface area contributed by atoms with E-state index >= 15 is 0 Å². The second kappa shape index (κ2) is 41.4. The van der Waals surface area contributed by atoms with Crippen LogP contribution >= 0.6 is 22.7 Å². The number of aliphatic carboxylic acids is 1. The third kappa shape index (κ3) is 26.5. The van der Waals surface area contributed by atoms with Crippen LogP contribution in [-0.4, -0.2) is 232 Å². The van der Waals surface area contributed by atoms with E-state index in [1.807, 2.05) is 0 Å². The Labute approximate surface area is 574 Å². The van der Waals surface area contributed by atoms with Crippen LogP contribution < -0.4 is 82.7 Å². The minimum atomic E-state index is -1.76. The van der Waals surface area contributed by atoms with Crippen molar-refractivity contribution in [1.82, 2.24) is 52.3 Å². The number of unbranched alkanes of at least 4 members (excludes halogenated alkanes) is 2. The maximum atomic E-state index is 14.7. The van der Waals surface area contributed by atoms with Crippen LogP contribution in [-0.2, 0) is 72.0 Å². The highest BCUT2D eigenvalue weighted by atomic mass is 32.1. The first kappa shape index (κ1) is 79.8. The van der Waals surface area contributed by atoms with E-state index in [9.17, 15) is 73.2 Å². The summed E-state index contributed by atoms with van der Waals surface area (Å²) in [5, 5.41) is 66.5. The van der Waals surface area contributed by atoms with Crippen molar-refractivity contribution < 1.29 is 73.2 Å². The number of nitrogens with one attached hydrogen (secondary N) is 8. The number of thiophene rings is 2. The van der Waals surface area contributed by atoms with Gasteiger partial charge in [0.1, 0.15) is 54.4 Å². The van der Waals surface area contributed by atoms with E-state index in [-0.39, 0.29) is 95.8 Å². The number of carbonyl (C=O) groups is 11. The molecule has 2 aliphatic rings. The highest BCUT2D eigenvalue weighted by molar-refractivity contribution is 7.10. The summed E-state index contributed by atoms with van der Waals surface area (Å²) in [6.07, 6.45) is -0.842. The topological polar surface area (TPSA) is 578 Å². The highest BCUT2D eigenvalue weighted by Crippen LogP contribution is 2.27. The first-order chi connectivity index (χ1) is 46.8. The van der Waals surface area contributed by atoms with Crippen molar-refractivity contribution in [3.63, 3.8) is 0 Å². The van der Waals surface area contributed by atoms with Crippen molar-refractivity contribution >= 4 is 99.6 Å². The van der Waals surface area contributed by atoms with Gasteiger partial charge in [0, 0.05) is 68.0 Å². The molecular weight excluding hydrogens is 1310 g/mol. The number of β-amino-alcohol motifs (C(OH)–C–C–N with tert-alkyl or cyclic N) is 2. The quantitative estimate of drug-likeness (QED) is 0.0143. The van der Waals surface area contributed by atoms with Gasteiger partial charge >= 0.3 is 5.97 Å². The molecule has 0 spiro atoms. The van der Waals surface area contributed by atoms with Gasteiger partial charge in [0.05, 0.1) is 31.4 Å². The lowest BCUT2D eigenvalue weighted by molar-refractivity contribution is -0.148. The number of likely N-dealkylation sites (tertiary alicyclic amines) is 2. The second-order valence-electron chi connectivity index (χ2n) is 23.8. The third-order valence-electron chi connectivity index (χ3n) is 16.1. The number of aliphatic imine (C=N–C) groups is 2. The maximum Gasteiger partial charge on any atom is 0.326 e. The maximum absolute atomic E-state index is 14.7. The first-order valence-corrected chi connectivity index (χ1v) is 34.1. The lowest BCUT2D eigenvalue weighted by Crippen LogP contribution is -2.60. The van der Waals surface area contributed by atoms with Crippen LogP contribution in [0.15, 0.2) is 75.3 Å². The van der Waals surface area contributed by atoms with E-state index in [0.717, 1.165) is 9.80 Å². The Hall–Kier alpha value is -8.91.